The standard InChI is InChI=1S/C38H48N2O4/c39-27-32-12-14-33(15-13-32)28-40(34-20-16-30(17-21-34)7-1-2-10-37(41)38-11-6-26-44-38)35-22-18-31(19-23-35)8-3-4-24-42-29-36-9-5-25-43-36/h12-23,36-38,41H,1-11,24-26,28-29H2. The first-order valence-corrected chi connectivity index (χ1v) is 16.6. The van der Waals surface area contributed by atoms with Gasteiger partial charge in [-0.1, -0.05) is 42.8 Å². The van der Waals surface area contributed by atoms with Crippen LogP contribution in [-0.2, 0) is 33.6 Å². The van der Waals surface area contributed by atoms with Crippen LogP contribution in [0.1, 0.15) is 80.0 Å². The fourth-order valence-electron chi connectivity index (χ4n) is 6.18. The highest BCUT2D eigenvalue weighted by Crippen LogP contribution is 2.29. The number of benzene rings is 3. The molecule has 2 aliphatic rings. The minimum Gasteiger partial charge on any atom is -0.390 e. The van der Waals surface area contributed by atoms with E-state index in [1.165, 1.54) is 11.1 Å². The first kappa shape index (κ1) is 32.2. The maximum atomic E-state index is 10.4. The molecule has 6 heteroatoms. The van der Waals surface area contributed by atoms with Crippen molar-refractivity contribution >= 4 is 11.4 Å². The number of aliphatic hydroxyl groups is 1. The van der Waals surface area contributed by atoms with Crippen LogP contribution in [0.5, 0.6) is 0 Å². The Balaban J connectivity index is 1.15. The van der Waals surface area contributed by atoms with Crippen LogP contribution in [0.3, 0.4) is 0 Å². The second kappa shape index (κ2) is 17.3. The summed E-state index contributed by atoms with van der Waals surface area (Å²) in [5, 5.41) is 19.6. The van der Waals surface area contributed by atoms with Crippen molar-refractivity contribution in [3.63, 3.8) is 0 Å². The van der Waals surface area contributed by atoms with Gasteiger partial charge in [-0.15, -0.1) is 0 Å². The van der Waals surface area contributed by atoms with Crippen LogP contribution >= 0.6 is 0 Å². The van der Waals surface area contributed by atoms with Crippen LogP contribution in [0.4, 0.5) is 11.4 Å². The molecule has 5 rings (SSSR count). The summed E-state index contributed by atoms with van der Waals surface area (Å²) >= 11 is 0. The van der Waals surface area contributed by atoms with Crippen LogP contribution in [0.15, 0.2) is 72.8 Å². The molecule has 0 bridgehead atoms. The van der Waals surface area contributed by atoms with Crippen LogP contribution in [0.25, 0.3) is 0 Å². The number of aliphatic hydroxyl groups excluding tert-OH is 1. The van der Waals surface area contributed by atoms with Gasteiger partial charge in [0.15, 0.2) is 0 Å². The fourth-order valence-corrected chi connectivity index (χ4v) is 6.18. The molecule has 0 aliphatic carbocycles. The average Bonchev–Trinajstić information content (AvgIpc) is 3.80. The van der Waals surface area contributed by atoms with Crippen molar-refractivity contribution in [3.05, 3.63) is 95.1 Å². The molecule has 2 fully saturated rings. The lowest BCUT2D eigenvalue weighted by atomic mass is 10.0. The minimum absolute atomic E-state index is 0.0342. The third kappa shape index (κ3) is 9.90. The predicted octanol–water partition coefficient (Wildman–Crippen LogP) is 7.67. The van der Waals surface area contributed by atoms with E-state index < -0.39 is 0 Å². The molecular formula is C38H48N2O4. The highest BCUT2D eigenvalue weighted by atomic mass is 16.5. The van der Waals surface area contributed by atoms with Crippen molar-refractivity contribution in [2.24, 2.45) is 0 Å². The van der Waals surface area contributed by atoms with Gasteiger partial charge in [0.25, 0.3) is 0 Å². The normalized spacial score (nSPS) is 18.7. The predicted molar refractivity (Wildman–Crippen MR) is 175 cm³/mol. The first-order valence-electron chi connectivity index (χ1n) is 16.6. The lowest BCUT2D eigenvalue weighted by Gasteiger charge is -2.26. The van der Waals surface area contributed by atoms with E-state index in [4.69, 9.17) is 14.2 Å². The summed E-state index contributed by atoms with van der Waals surface area (Å²) in [5.74, 6) is 0. The summed E-state index contributed by atoms with van der Waals surface area (Å²) in [6.45, 7) is 3.90. The van der Waals surface area contributed by atoms with Gasteiger partial charge >= 0.3 is 0 Å². The quantitative estimate of drug-likeness (QED) is 0.161. The molecule has 2 heterocycles. The van der Waals surface area contributed by atoms with E-state index in [-0.39, 0.29) is 12.2 Å². The van der Waals surface area contributed by atoms with E-state index in [2.05, 4.69) is 59.5 Å². The Morgan fingerprint density at radius 2 is 1.39 bits per heavy atom. The van der Waals surface area contributed by atoms with Gasteiger partial charge in [-0.2, -0.15) is 5.26 Å². The molecule has 3 aromatic rings. The molecule has 2 saturated heterocycles. The second-order valence-corrected chi connectivity index (χ2v) is 12.3. The Bertz CT molecular complexity index is 1270. The number of ether oxygens (including phenoxy) is 3. The van der Waals surface area contributed by atoms with Crippen LogP contribution in [-0.4, -0.2) is 49.8 Å². The van der Waals surface area contributed by atoms with E-state index in [9.17, 15) is 10.4 Å². The molecule has 0 amide bonds. The van der Waals surface area contributed by atoms with Gasteiger partial charge in [0.2, 0.25) is 0 Å². The Kier molecular flexibility index (Phi) is 12.7. The van der Waals surface area contributed by atoms with Crippen molar-refractivity contribution in [2.45, 2.75) is 95.5 Å². The van der Waals surface area contributed by atoms with Gasteiger partial charge in [0.1, 0.15) is 0 Å². The SMILES string of the molecule is N#Cc1ccc(CN(c2ccc(CCCCOCC3CCCO3)cc2)c2ccc(CCCCC(O)C3CCCO3)cc2)cc1. The van der Waals surface area contributed by atoms with Crippen LogP contribution in [0, 0.1) is 11.3 Å². The van der Waals surface area contributed by atoms with Gasteiger partial charge in [0, 0.05) is 37.7 Å². The van der Waals surface area contributed by atoms with Gasteiger partial charge in [0.05, 0.1) is 36.6 Å². The molecule has 0 radical (unpaired) electrons. The summed E-state index contributed by atoms with van der Waals surface area (Å²) in [6.07, 6.45) is 11.4. The minimum atomic E-state index is -0.335. The lowest BCUT2D eigenvalue weighted by Crippen LogP contribution is -2.24. The molecule has 2 aliphatic heterocycles. The second-order valence-electron chi connectivity index (χ2n) is 12.3. The van der Waals surface area contributed by atoms with Crippen LogP contribution < -0.4 is 4.90 Å². The zero-order chi connectivity index (χ0) is 30.4. The van der Waals surface area contributed by atoms with Crippen molar-refractivity contribution in [1.82, 2.24) is 0 Å². The number of anilines is 2. The van der Waals surface area contributed by atoms with E-state index in [1.807, 2.05) is 24.3 Å². The first-order chi connectivity index (χ1) is 21.7. The molecule has 0 spiro atoms. The van der Waals surface area contributed by atoms with Gasteiger partial charge in [-0.05, 0) is 117 Å². The number of rotatable bonds is 17. The smallest absolute Gasteiger partial charge is 0.0991 e. The largest absolute Gasteiger partial charge is 0.390 e. The molecule has 234 valence electrons. The molecule has 0 aromatic heterocycles. The summed E-state index contributed by atoms with van der Waals surface area (Å²) in [6, 6.07) is 27.9. The lowest BCUT2D eigenvalue weighted by molar-refractivity contribution is -0.00628. The highest BCUT2D eigenvalue weighted by Gasteiger charge is 2.23. The molecule has 3 aromatic carbocycles. The van der Waals surface area contributed by atoms with E-state index >= 15 is 0 Å². The summed E-state index contributed by atoms with van der Waals surface area (Å²) in [4.78, 5) is 2.34. The number of unbranched alkanes of at least 4 members (excludes halogenated alkanes) is 2. The zero-order valence-electron chi connectivity index (χ0n) is 26.0. The molecule has 6 nitrogen and oxygen atoms in total. The van der Waals surface area contributed by atoms with E-state index in [0.717, 1.165) is 114 Å². The Morgan fingerprint density at radius 3 is 1.98 bits per heavy atom. The molecule has 1 N–H and O–H groups in total. The van der Waals surface area contributed by atoms with Gasteiger partial charge in [-0.25, -0.2) is 0 Å². The van der Waals surface area contributed by atoms with Crippen molar-refractivity contribution in [1.29, 1.82) is 5.26 Å². The Morgan fingerprint density at radius 1 is 0.773 bits per heavy atom. The number of hydrogen-bond acceptors (Lipinski definition) is 6. The summed E-state index contributed by atoms with van der Waals surface area (Å²) < 4.78 is 17.1. The maximum Gasteiger partial charge on any atom is 0.0991 e. The van der Waals surface area contributed by atoms with Crippen molar-refractivity contribution in [2.75, 3.05) is 31.3 Å². The third-order valence-electron chi connectivity index (χ3n) is 8.86. The molecular weight excluding hydrogens is 548 g/mol. The van der Waals surface area contributed by atoms with Crippen molar-refractivity contribution < 1.29 is 19.3 Å². The van der Waals surface area contributed by atoms with Gasteiger partial charge < -0.3 is 24.2 Å². The molecule has 3 unspecified atom stereocenters. The summed E-state index contributed by atoms with van der Waals surface area (Å²) in [7, 11) is 0. The molecule has 3 atom stereocenters. The molecule has 44 heavy (non-hydrogen) atoms. The average molecular weight is 597 g/mol. The van der Waals surface area contributed by atoms with Crippen molar-refractivity contribution in [3.8, 4) is 6.07 Å². The van der Waals surface area contributed by atoms with E-state index in [0.29, 0.717) is 18.2 Å². The third-order valence-corrected chi connectivity index (χ3v) is 8.86. The Hall–Kier alpha value is -3.21. The zero-order valence-corrected chi connectivity index (χ0v) is 26.0. The fraction of sp³-hybridized carbons (Fsp3) is 0.500. The van der Waals surface area contributed by atoms with E-state index in [1.54, 1.807) is 0 Å². The topological polar surface area (TPSA) is 75.0 Å². The Labute approximate surface area is 263 Å². The summed E-state index contributed by atoms with van der Waals surface area (Å²) in [5.41, 5.74) is 6.77. The number of nitriles is 1. The maximum absolute atomic E-state index is 10.4. The number of hydrogen-bond donors (Lipinski definition) is 1. The van der Waals surface area contributed by atoms with Crippen LogP contribution in [0.2, 0.25) is 0 Å². The monoisotopic (exact) mass is 596 g/mol. The highest BCUT2D eigenvalue weighted by molar-refractivity contribution is 5.64. The number of nitrogens with zero attached hydrogens (tertiary/aromatic N) is 2. The number of aryl methyl sites for hydroxylation is 2. The molecule has 0 saturated carbocycles. The van der Waals surface area contributed by atoms with Gasteiger partial charge in [-0.3, -0.25) is 0 Å².